The standard InChI is InChI=1S/C16H22N4O2/c1-3-12-8-9-13(22-12)16(21)17-11(2)15-19-18-14-7-5-4-6-10-20(14)15/h8-9,11H,3-7,10H2,1-2H3,(H,17,21)/t11-/m1/s1. The van der Waals surface area contributed by atoms with E-state index < -0.39 is 0 Å². The van der Waals surface area contributed by atoms with Crippen molar-refractivity contribution in [3.8, 4) is 0 Å². The summed E-state index contributed by atoms with van der Waals surface area (Å²) < 4.78 is 7.64. The van der Waals surface area contributed by atoms with Crippen LogP contribution in [0.25, 0.3) is 0 Å². The zero-order valence-corrected chi connectivity index (χ0v) is 13.1. The molecule has 6 heteroatoms. The predicted molar refractivity (Wildman–Crippen MR) is 81.5 cm³/mol. The van der Waals surface area contributed by atoms with Crippen LogP contribution in [0, 0.1) is 0 Å². The summed E-state index contributed by atoms with van der Waals surface area (Å²) in [6.07, 6.45) is 5.25. The highest BCUT2D eigenvalue weighted by Crippen LogP contribution is 2.19. The average molecular weight is 302 g/mol. The van der Waals surface area contributed by atoms with E-state index in [1.165, 1.54) is 6.42 Å². The molecule has 1 amide bonds. The molecule has 22 heavy (non-hydrogen) atoms. The lowest BCUT2D eigenvalue weighted by Crippen LogP contribution is -2.28. The van der Waals surface area contributed by atoms with E-state index in [1.807, 2.05) is 19.9 Å². The minimum absolute atomic E-state index is 0.193. The van der Waals surface area contributed by atoms with Gasteiger partial charge in [0.05, 0.1) is 6.04 Å². The van der Waals surface area contributed by atoms with Crippen LogP contribution in [0.2, 0.25) is 0 Å². The summed E-state index contributed by atoms with van der Waals surface area (Å²) in [6, 6.07) is 3.36. The average Bonchev–Trinajstić information content (AvgIpc) is 3.09. The molecule has 1 atom stereocenters. The third-order valence-electron chi connectivity index (χ3n) is 4.11. The Bertz CT molecular complexity index is 659. The summed E-state index contributed by atoms with van der Waals surface area (Å²) in [7, 11) is 0. The molecule has 3 heterocycles. The zero-order chi connectivity index (χ0) is 15.5. The SMILES string of the molecule is CCc1ccc(C(=O)N[C@H](C)c2nnc3n2CCCCC3)o1. The second kappa shape index (κ2) is 6.34. The molecular weight excluding hydrogens is 280 g/mol. The summed E-state index contributed by atoms with van der Waals surface area (Å²) in [5.74, 6) is 2.80. The number of furan rings is 1. The molecule has 6 nitrogen and oxygen atoms in total. The van der Waals surface area contributed by atoms with Gasteiger partial charge in [-0.15, -0.1) is 10.2 Å². The van der Waals surface area contributed by atoms with Gasteiger partial charge < -0.3 is 14.3 Å². The van der Waals surface area contributed by atoms with Gasteiger partial charge in [0.2, 0.25) is 0 Å². The molecule has 0 radical (unpaired) electrons. The first-order chi connectivity index (χ1) is 10.7. The highest BCUT2D eigenvalue weighted by Gasteiger charge is 2.22. The molecule has 1 aliphatic rings. The fourth-order valence-corrected chi connectivity index (χ4v) is 2.85. The smallest absolute Gasteiger partial charge is 0.287 e. The van der Waals surface area contributed by atoms with Crippen LogP contribution in [0.1, 0.15) is 67.1 Å². The van der Waals surface area contributed by atoms with Crippen molar-refractivity contribution in [1.29, 1.82) is 0 Å². The number of nitrogens with one attached hydrogen (secondary N) is 1. The predicted octanol–water partition coefficient (Wildman–Crippen LogP) is 2.65. The van der Waals surface area contributed by atoms with Gasteiger partial charge in [0.1, 0.15) is 11.6 Å². The number of carbonyl (C=O) groups is 1. The van der Waals surface area contributed by atoms with Crippen molar-refractivity contribution in [2.24, 2.45) is 0 Å². The molecule has 3 rings (SSSR count). The Morgan fingerprint density at radius 3 is 3.00 bits per heavy atom. The maximum absolute atomic E-state index is 12.3. The first-order valence-electron chi connectivity index (χ1n) is 8.00. The number of nitrogens with zero attached hydrogens (tertiary/aromatic N) is 3. The van der Waals surface area contributed by atoms with Crippen LogP contribution in [0.4, 0.5) is 0 Å². The molecule has 0 aliphatic carbocycles. The molecule has 0 aromatic carbocycles. The van der Waals surface area contributed by atoms with Crippen LogP contribution >= 0.6 is 0 Å². The van der Waals surface area contributed by atoms with E-state index in [-0.39, 0.29) is 11.9 Å². The van der Waals surface area contributed by atoms with E-state index in [0.29, 0.717) is 5.76 Å². The first kappa shape index (κ1) is 14.8. The number of fused-ring (bicyclic) bond motifs is 1. The molecule has 118 valence electrons. The molecule has 0 fully saturated rings. The minimum atomic E-state index is -0.210. The van der Waals surface area contributed by atoms with Gasteiger partial charge in [-0.2, -0.15) is 0 Å². The van der Waals surface area contributed by atoms with Gasteiger partial charge in [0, 0.05) is 19.4 Å². The Hall–Kier alpha value is -2.11. The Balaban J connectivity index is 1.73. The summed E-state index contributed by atoms with van der Waals surface area (Å²) in [4.78, 5) is 12.3. The molecule has 2 aromatic rings. The van der Waals surface area contributed by atoms with Gasteiger partial charge in [-0.25, -0.2) is 0 Å². The van der Waals surface area contributed by atoms with E-state index in [0.717, 1.165) is 49.6 Å². The lowest BCUT2D eigenvalue weighted by molar-refractivity contribution is 0.0907. The van der Waals surface area contributed by atoms with Crippen LogP contribution < -0.4 is 5.32 Å². The number of amides is 1. The second-order valence-corrected chi connectivity index (χ2v) is 5.75. The van der Waals surface area contributed by atoms with Crippen LogP contribution in [0.15, 0.2) is 16.5 Å². The summed E-state index contributed by atoms with van der Waals surface area (Å²) in [5.41, 5.74) is 0. The largest absolute Gasteiger partial charge is 0.456 e. The van der Waals surface area contributed by atoms with E-state index in [2.05, 4.69) is 20.1 Å². The number of aromatic nitrogens is 3. The van der Waals surface area contributed by atoms with Crippen molar-refractivity contribution in [3.63, 3.8) is 0 Å². The highest BCUT2D eigenvalue weighted by atomic mass is 16.3. The fraction of sp³-hybridized carbons (Fsp3) is 0.562. The van der Waals surface area contributed by atoms with E-state index in [4.69, 9.17) is 4.42 Å². The lowest BCUT2D eigenvalue weighted by Gasteiger charge is -2.14. The van der Waals surface area contributed by atoms with Crippen molar-refractivity contribution in [3.05, 3.63) is 35.3 Å². The number of carbonyl (C=O) groups excluding carboxylic acids is 1. The maximum atomic E-state index is 12.3. The highest BCUT2D eigenvalue weighted by molar-refractivity contribution is 5.91. The van der Waals surface area contributed by atoms with Crippen molar-refractivity contribution >= 4 is 5.91 Å². The third-order valence-corrected chi connectivity index (χ3v) is 4.11. The Morgan fingerprint density at radius 2 is 2.23 bits per heavy atom. The molecular formula is C16H22N4O2. The lowest BCUT2D eigenvalue weighted by atomic mass is 10.2. The Morgan fingerprint density at radius 1 is 1.36 bits per heavy atom. The Kier molecular flexibility index (Phi) is 4.27. The third kappa shape index (κ3) is 2.91. The fourth-order valence-electron chi connectivity index (χ4n) is 2.85. The zero-order valence-electron chi connectivity index (χ0n) is 13.1. The van der Waals surface area contributed by atoms with Crippen LogP contribution in [-0.4, -0.2) is 20.7 Å². The summed E-state index contributed by atoms with van der Waals surface area (Å²) in [6.45, 7) is 4.86. The van der Waals surface area contributed by atoms with Gasteiger partial charge in [-0.05, 0) is 31.9 Å². The van der Waals surface area contributed by atoms with Crippen molar-refractivity contribution < 1.29 is 9.21 Å². The van der Waals surface area contributed by atoms with Gasteiger partial charge in [-0.3, -0.25) is 4.79 Å². The molecule has 0 unspecified atom stereocenters. The number of aryl methyl sites for hydroxylation is 2. The van der Waals surface area contributed by atoms with E-state index in [1.54, 1.807) is 6.07 Å². The molecule has 0 saturated carbocycles. The number of hydrogen-bond donors (Lipinski definition) is 1. The number of rotatable bonds is 4. The van der Waals surface area contributed by atoms with Gasteiger partial charge in [0.25, 0.3) is 5.91 Å². The quantitative estimate of drug-likeness (QED) is 0.942. The molecule has 0 saturated heterocycles. The van der Waals surface area contributed by atoms with Crippen LogP contribution in [-0.2, 0) is 19.4 Å². The molecule has 0 spiro atoms. The van der Waals surface area contributed by atoms with Crippen molar-refractivity contribution in [1.82, 2.24) is 20.1 Å². The Labute approximate surface area is 129 Å². The van der Waals surface area contributed by atoms with Gasteiger partial charge in [0.15, 0.2) is 11.6 Å². The topological polar surface area (TPSA) is 73.0 Å². The molecule has 1 N–H and O–H groups in total. The maximum Gasteiger partial charge on any atom is 0.287 e. The van der Waals surface area contributed by atoms with E-state index in [9.17, 15) is 4.79 Å². The van der Waals surface area contributed by atoms with Crippen molar-refractivity contribution in [2.75, 3.05) is 0 Å². The van der Waals surface area contributed by atoms with Crippen LogP contribution in [0.3, 0.4) is 0 Å². The van der Waals surface area contributed by atoms with E-state index >= 15 is 0 Å². The summed E-state index contributed by atoms with van der Waals surface area (Å²) in [5, 5.41) is 11.5. The second-order valence-electron chi connectivity index (χ2n) is 5.75. The van der Waals surface area contributed by atoms with Crippen molar-refractivity contribution in [2.45, 2.75) is 58.5 Å². The first-order valence-corrected chi connectivity index (χ1v) is 8.00. The monoisotopic (exact) mass is 302 g/mol. The normalized spacial score (nSPS) is 15.9. The molecule has 2 aromatic heterocycles. The molecule has 1 aliphatic heterocycles. The number of hydrogen-bond acceptors (Lipinski definition) is 4. The minimum Gasteiger partial charge on any atom is -0.456 e. The van der Waals surface area contributed by atoms with Gasteiger partial charge in [-0.1, -0.05) is 13.3 Å². The van der Waals surface area contributed by atoms with Crippen LogP contribution in [0.5, 0.6) is 0 Å². The molecule has 0 bridgehead atoms. The summed E-state index contributed by atoms with van der Waals surface area (Å²) >= 11 is 0. The van der Waals surface area contributed by atoms with Gasteiger partial charge >= 0.3 is 0 Å².